The lowest BCUT2D eigenvalue weighted by molar-refractivity contribution is -0.387. The van der Waals surface area contributed by atoms with Crippen LogP contribution in [0.25, 0.3) is 0 Å². The van der Waals surface area contributed by atoms with Crippen molar-refractivity contribution in [3.63, 3.8) is 0 Å². The number of nitrogens with one attached hydrogen (secondary N) is 2. The van der Waals surface area contributed by atoms with Crippen molar-refractivity contribution in [3.05, 3.63) is 62.9 Å². The van der Waals surface area contributed by atoms with E-state index in [-0.39, 0.29) is 5.69 Å². The van der Waals surface area contributed by atoms with Crippen LogP contribution in [0.3, 0.4) is 0 Å². The Morgan fingerprint density at radius 2 is 2.04 bits per heavy atom. The summed E-state index contributed by atoms with van der Waals surface area (Å²) in [5.41, 5.74) is 0.954. The predicted molar refractivity (Wildman–Crippen MR) is 91.0 cm³/mol. The van der Waals surface area contributed by atoms with Gasteiger partial charge in [0.1, 0.15) is 6.04 Å². The van der Waals surface area contributed by atoms with Crippen LogP contribution in [-0.4, -0.2) is 16.9 Å². The monoisotopic (exact) mass is 351 g/mol. The van der Waals surface area contributed by atoms with Gasteiger partial charge in [-0.05, 0) is 43.7 Å². The molecule has 1 atom stereocenters. The van der Waals surface area contributed by atoms with Crippen LogP contribution < -0.4 is 10.6 Å². The molecule has 8 heteroatoms. The fourth-order valence-electron chi connectivity index (χ4n) is 2.04. The molecule has 0 saturated heterocycles. The third-order valence-electron chi connectivity index (χ3n) is 3.44. The standard InChI is InChI=1S/C16H15ClFN3O3/c1-9-12(17)4-3-5-14(9)19-10(2)16(22)20-11-6-7-13(18)15(8-11)21(23)24/h3-8,10,19H,1-2H3,(H,20,22)/t10-/m0/s1. The first-order valence-electron chi connectivity index (χ1n) is 7.06. The number of carbonyl (C=O) groups excluding carboxylic acids is 1. The van der Waals surface area contributed by atoms with Gasteiger partial charge in [0, 0.05) is 22.5 Å². The third kappa shape index (κ3) is 3.99. The van der Waals surface area contributed by atoms with Gasteiger partial charge in [0.25, 0.3) is 0 Å². The van der Waals surface area contributed by atoms with Crippen LogP contribution in [-0.2, 0) is 4.79 Å². The predicted octanol–water partition coefficient (Wildman–Crippen LogP) is 4.13. The van der Waals surface area contributed by atoms with Gasteiger partial charge in [-0.2, -0.15) is 4.39 Å². The molecule has 2 aromatic rings. The van der Waals surface area contributed by atoms with Gasteiger partial charge in [-0.1, -0.05) is 17.7 Å². The number of nitro groups is 1. The fraction of sp³-hybridized carbons (Fsp3) is 0.188. The molecule has 0 spiro atoms. The normalized spacial score (nSPS) is 11.7. The lowest BCUT2D eigenvalue weighted by atomic mass is 10.1. The lowest BCUT2D eigenvalue weighted by Crippen LogP contribution is -2.32. The zero-order valence-corrected chi connectivity index (χ0v) is 13.7. The molecule has 0 fully saturated rings. The molecule has 0 heterocycles. The van der Waals surface area contributed by atoms with E-state index >= 15 is 0 Å². The largest absolute Gasteiger partial charge is 0.374 e. The molecule has 0 radical (unpaired) electrons. The Hall–Kier alpha value is -2.67. The van der Waals surface area contributed by atoms with Crippen molar-refractivity contribution in [2.24, 2.45) is 0 Å². The number of halogens is 2. The highest BCUT2D eigenvalue weighted by molar-refractivity contribution is 6.31. The van der Waals surface area contributed by atoms with Gasteiger partial charge in [-0.25, -0.2) is 0 Å². The number of carbonyl (C=O) groups is 1. The van der Waals surface area contributed by atoms with Crippen molar-refractivity contribution in [2.45, 2.75) is 19.9 Å². The van der Waals surface area contributed by atoms with Crippen LogP contribution in [0.2, 0.25) is 5.02 Å². The van der Waals surface area contributed by atoms with E-state index in [9.17, 15) is 19.3 Å². The first-order chi connectivity index (χ1) is 11.3. The molecule has 2 rings (SSSR count). The molecule has 6 nitrogen and oxygen atoms in total. The number of hydrogen-bond donors (Lipinski definition) is 2. The number of rotatable bonds is 5. The van der Waals surface area contributed by atoms with Crippen LogP contribution >= 0.6 is 11.6 Å². The van der Waals surface area contributed by atoms with Crippen molar-refractivity contribution in [3.8, 4) is 0 Å². The van der Waals surface area contributed by atoms with E-state index in [2.05, 4.69) is 10.6 Å². The van der Waals surface area contributed by atoms with Crippen molar-refractivity contribution >= 4 is 34.6 Å². The summed E-state index contributed by atoms with van der Waals surface area (Å²) < 4.78 is 13.3. The molecule has 2 N–H and O–H groups in total. The molecule has 0 aliphatic heterocycles. The van der Waals surface area contributed by atoms with Gasteiger partial charge in [0.2, 0.25) is 11.7 Å². The first-order valence-corrected chi connectivity index (χ1v) is 7.44. The third-order valence-corrected chi connectivity index (χ3v) is 3.85. The van der Waals surface area contributed by atoms with E-state index in [1.165, 1.54) is 6.07 Å². The Morgan fingerprint density at radius 3 is 2.71 bits per heavy atom. The van der Waals surface area contributed by atoms with Gasteiger partial charge in [-0.3, -0.25) is 14.9 Å². The average molecular weight is 352 g/mol. The maximum Gasteiger partial charge on any atom is 0.306 e. The van der Waals surface area contributed by atoms with Crippen LogP contribution in [0.1, 0.15) is 12.5 Å². The molecular formula is C16H15ClFN3O3. The van der Waals surface area contributed by atoms with E-state index < -0.39 is 28.4 Å². The van der Waals surface area contributed by atoms with Crippen molar-refractivity contribution in [1.82, 2.24) is 0 Å². The molecule has 0 aliphatic carbocycles. The van der Waals surface area contributed by atoms with E-state index in [0.29, 0.717) is 10.7 Å². The fourth-order valence-corrected chi connectivity index (χ4v) is 2.22. The van der Waals surface area contributed by atoms with Crippen molar-refractivity contribution in [1.29, 1.82) is 0 Å². The minimum absolute atomic E-state index is 0.143. The number of nitro benzene ring substituents is 1. The number of hydrogen-bond acceptors (Lipinski definition) is 4. The Morgan fingerprint density at radius 1 is 1.33 bits per heavy atom. The first kappa shape index (κ1) is 17.7. The summed E-state index contributed by atoms with van der Waals surface area (Å²) in [6, 6.07) is 7.82. The van der Waals surface area contributed by atoms with Crippen LogP contribution in [0.15, 0.2) is 36.4 Å². The Balaban J connectivity index is 2.10. The molecule has 2 aromatic carbocycles. The van der Waals surface area contributed by atoms with Gasteiger partial charge in [0.15, 0.2) is 0 Å². The molecule has 0 aliphatic rings. The maximum absolute atomic E-state index is 13.3. The molecule has 0 unspecified atom stereocenters. The second kappa shape index (κ2) is 7.27. The quantitative estimate of drug-likeness (QED) is 0.626. The van der Waals surface area contributed by atoms with Crippen molar-refractivity contribution < 1.29 is 14.1 Å². The molecular weight excluding hydrogens is 337 g/mol. The van der Waals surface area contributed by atoms with E-state index in [1.807, 2.05) is 6.92 Å². The highest BCUT2D eigenvalue weighted by atomic mass is 35.5. The summed E-state index contributed by atoms with van der Waals surface area (Å²) in [7, 11) is 0. The van der Waals surface area contributed by atoms with Crippen LogP contribution in [0.5, 0.6) is 0 Å². The smallest absolute Gasteiger partial charge is 0.306 e. The van der Waals surface area contributed by atoms with Gasteiger partial charge < -0.3 is 10.6 Å². The minimum Gasteiger partial charge on any atom is -0.374 e. The van der Waals surface area contributed by atoms with E-state index in [1.54, 1.807) is 25.1 Å². The van der Waals surface area contributed by atoms with Gasteiger partial charge in [-0.15, -0.1) is 0 Å². The highest BCUT2D eigenvalue weighted by Crippen LogP contribution is 2.24. The topological polar surface area (TPSA) is 84.3 Å². The Labute approximate surface area is 142 Å². The summed E-state index contributed by atoms with van der Waals surface area (Å²) in [5, 5.41) is 16.8. The molecule has 0 saturated carbocycles. The number of nitrogens with zero attached hydrogens (tertiary/aromatic N) is 1. The number of benzene rings is 2. The number of anilines is 2. The molecule has 24 heavy (non-hydrogen) atoms. The maximum atomic E-state index is 13.3. The summed E-state index contributed by atoms with van der Waals surface area (Å²) >= 11 is 6.03. The van der Waals surface area contributed by atoms with E-state index in [0.717, 1.165) is 17.7 Å². The highest BCUT2D eigenvalue weighted by Gasteiger charge is 2.18. The molecule has 126 valence electrons. The summed E-state index contributed by atoms with van der Waals surface area (Å²) in [6.45, 7) is 3.45. The minimum atomic E-state index is -0.960. The van der Waals surface area contributed by atoms with Gasteiger partial charge >= 0.3 is 5.69 Å². The van der Waals surface area contributed by atoms with Gasteiger partial charge in [0.05, 0.1) is 4.92 Å². The zero-order chi connectivity index (χ0) is 17.9. The summed E-state index contributed by atoms with van der Waals surface area (Å²) in [4.78, 5) is 22.1. The molecule has 1 amide bonds. The van der Waals surface area contributed by atoms with Crippen LogP contribution in [0, 0.1) is 22.9 Å². The van der Waals surface area contributed by atoms with Crippen LogP contribution in [0.4, 0.5) is 21.5 Å². The second-order valence-corrected chi connectivity index (χ2v) is 5.60. The molecule has 0 bridgehead atoms. The van der Waals surface area contributed by atoms with E-state index in [4.69, 9.17) is 11.6 Å². The molecule has 0 aromatic heterocycles. The van der Waals surface area contributed by atoms with Crippen molar-refractivity contribution in [2.75, 3.05) is 10.6 Å². The Kier molecular flexibility index (Phi) is 5.35. The average Bonchev–Trinajstić information content (AvgIpc) is 2.53. The SMILES string of the molecule is Cc1c(Cl)cccc1N[C@@H](C)C(=O)Nc1ccc(F)c([N+](=O)[O-])c1. The summed E-state index contributed by atoms with van der Waals surface area (Å²) in [5.74, 6) is -1.38. The summed E-state index contributed by atoms with van der Waals surface area (Å²) in [6.07, 6.45) is 0. The second-order valence-electron chi connectivity index (χ2n) is 5.19. The Bertz CT molecular complexity index is 798. The number of amides is 1. The lowest BCUT2D eigenvalue weighted by Gasteiger charge is -2.17. The zero-order valence-electron chi connectivity index (χ0n) is 13.0.